The minimum atomic E-state index is -0.571. The van der Waals surface area contributed by atoms with Crippen molar-refractivity contribution in [1.82, 2.24) is 4.98 Å². The van der Waals surface area contributed by atoms with E-state index in [0.717, 1.165) is 0 Å². The second-order valence-electron chi connectivity index (χ2n) is 8.65. The summed E-state index contributed by atoms with van der Waals surface area (Å²) in [6, 6.07) is 11.6. The summed E-state index contributed by atoms with van der Waals surface area (Å²) in [5.41, 5.74) is 0.242. The van der Waals surface area contributed by atoms with Gasteiger partial charge in [0, 0.05) is 12.1 Å². The number of nitrogens with zero attached hydrogens (tertiary/aromatic N) is 2. The molecule has 0 N–H and O–H groups in total. The number of benzene rings is 1. The highest BCUT2D eigenvalue weighted by molar-refractivity contribution is 5.86. The Morgan fingerprint density at radius 2 is 2.00 bits per heavy atom. The van der Waals surface area contributed by atoms with Gasteiger partial charge in [-0.3, -0.25) is 4.79 Å². The summed E-state index contributed by atoms with van der Waals surface area (Å²) in [4.78, 5) is 21.7. The summed E-state index contributed by atoms with van der Waals surface area (Å²) >= 11 is 0. The Labute approximate surface area is 187 Å². The predicted octanol–water partition coefficient (Wildman–Crippen LogP) is 4.99. The van der Waals surface area contributed by atoms with Crippen LogP contribution in [0, 0.1) is 41.0 Å². The zero-order valence-electron chi connectivity index (χ0n) is 18.7. The average Bonchev–Trinajstić information content (AvgIpc) is 3.31. The summed E-state index contributed by atoms with van der Waals surface area (Å²) in [5.74, 6) is 2.13. The van der Waals surface area contributed by atoms with Crippen molar-refractivity contribution in [2.24, 2.45) is 28.3 Å². The normalized spacial score (nSPS) is 18.7. The highest BCUT2D eigenvalue weighted by atomic mass is 19.1. The second kappa shape index (κ2) is 10.3. The first-order valence-electron chi connectivity index (χ1n) is 10.5. The van der Waals surface area contributed by atoms with Gasteiger partial charge in [0.05, 0.1) is 18.0 Å². The summed E-state index contributed by atoms with van der Waals surface area (Å²) in [5, 5.41) is 3.96. The van der Waals surface area contributed by atoms with E-state index < -0.39 is 11.8 Å². The molecular weight excluding hydrogens is 411 g/mol. The van der Waals surface area contributed by atoms with Crippen molar-refractivity contribution in [2.75, 3.05) is 6.61 Å². The molecule has 2 unspecified atom stereocenters. The molecule has 0 aliphatic heterocycles. The molecule has 1 fully saturated rings. The lowest BCUT2D eigenvalue weighted by molar-refractivity contribution is -0.139. The molecule has 0 spiro atoms. The summed E-state index contributed by atoms with van der Waals surface area (Å²) in [7, 11) is 0. The topological polar surface area (TPSA) is 70.0 Å². The van der Waals surface area contributed by atoms with Gasteiger partial charge in [-0.1, -0.05) is 57.0 Å². The van der Waals surface area contributed by atoms with E-state index in [1.54, 1.807) is 30.5 Å². The highest BCUT2D eigenvalue weighted by Crippen LogP contribution is 2.57. The number of carbonyl (C=O) groups is 1. The number of hydrogen-bond acceptors (Lipinski definition) is 6. The van der Waals surface area contributed by atoms with Gasteiger partial charge in [-0.25, -0.2) is 9.37 Å². The molecule has 168 valence electrons. The summed E-state index contributed by atoms with van der Waals surface area (Å²) in [6.45, 7) is 8.55. The number of ether oxygens (including phenoxy) is 2. The van der Waals surface area contributed by atoms with Crippen LogP contribution in [0.5, 0.6) is 11.6 Å². The van der Waals surface area contributed by atoms with Gasteiger partial charge >= 0.3 is 5.97 Å². The number of hydrogen-bond donors (Lipinski definition) is 0. The van der Waals surface area contributed by atoms with Crippen LogP contribution < -0.4 is 4.74 Å². The smallest absolute Gasteiger partial charge is 0.324 e. The zero-order valence-corrected chi connectivity index (χ0v) is 18.7. The Morgan fingerprint density at radius 3 is 2.72 bits per heavy atom. The third-order valence-electron chi connectivity index (χ3n) is 5.19. The molecule has 2 aromatic rings. The Morgan fingerprint density at radius 1 is 1.25 bits per heavy atom. The van der Waals surface area contributed by atoms with Gasteiger partial charge in [-0.05, 0) is 35.6 Å². The number of oxime groups is 1. The molecule has 1 aliphatic carbocycles. The fourth-order valence-electron chi connectivity index (χ4n) is 3.22. The van der Waals surface area contributed by atoms with Crippen LogP contribution in [0.25, 0.3) is 0 Å². The van der Waals surface area contributed by atoms with Crippen LogP contribution in [0.15, 0.2) is 47.6 Å². The first-order valence-corrected chi connectivity index (χ1v) is 10.5. The van der Waals surface area contributed by atoms with E-state index in [1.165, 1.54) is 12.1 Å². The Bertz CT molecular complexity index is 1030. The van der Waals surface area contributed by atoms with E-state index in [4.69, 9.17) is 14.3 Å². The van der Waals surface area contributed by atoms with Crippen molar-refractivity contribution in [3.8, 4) is 23.7 Å². The van der Waals surface area contributed by atoms with Crippen LogP contribution >= 0.6 is 0 Å². The lowest BCUT2D eigenvalue weighted by atomic mass is 10.1. The zero-order chi connectivity index (χ0) is 23.1. The lowest BCUT2D eigenvalue weighted by Gasteiger charge is -2.06. The molecule has 1 saturated carbocycles. The van der Waals surface area contributed by atoms with Gasteiger partial charge in [0.15, 0.2) is 5.82 Å². The number of para-hydroxylation sites is 1. The second-order valence-corrected chi connectivity index (χ2v) is 8.65. The molecule has 1 aromatic carbocycles. The molecule has 0 bridgehead atoms. The molecule has 0 radical (unpaired) electrons. The number of aromatic nitrogens is 1. The lowest BCUT2D eigenvalue weighted by Crippen LogP contribution is -2.07. The maximum absolute atomic E-state index is 14.0. The van der Waals surface area contributed by atoms with Crippen LogP contribution in [0.2, 0.25) is 0 Å². The van der Waals surface area contributed by atoms with Crippen LogP contribution in [0.3, 0.4) is 0 Å². The van der Waals surface area contributed by atoms with E-state index >= 15 is 0 Å². The van der Waals surface area contributed by atoms with E-state index in [0.29, 0.717) is 24.0 Å². The van der Waals surface area contributed by atoms with Crippen molar-refractivity contribution in [1.29, 1.82) is 0 Å². The maximum Gasteiger partial charge on any atom is 0.324 e. The summed E-state index contributed by atoms with van der Waals surface area (Å²) in [6.07, 6.45) is 4.28. The molecule has 2 atom stereocenters. The molecule has 0 amide bonds. The molecule has 3 rings (SSSR count). The fourth-order valence-corrected chi connectivity index (χ4v) is 3.22. The largest absolute Gasteiger partial charge is 0.436 e. The molecule has 1 heterocycles. The van der Waals surface area contributed by atoms with Crippen LogP contribution in [0.4, 0.5) is 4.39 Å². The van der Waals surface area contributed by atoms with Crippen molar-refractivity contribution in [3.05, 3.63) is 54.0 Å². The monoisotopic (exact) mass is 438 g/mol. The Hall–Kier alpha value is -3.40. The number of halogens is 1. The van der Waals surface area contributed by atoms with Crippen molar-refractivity contribution >= 4 is 12.2 Å². The average molecular weight is 438 g/mol. The van der Waals surface area contributed by atoms with Gasteiger partial charge in [0.2, 0.25) is 0 Å². The SMILES string of the molecule is CC(C)CO/N=C/C1C(C(=O)OC#CCc2ccc(F)c(Oc3ccccc3)n2)C1(C)C. The molecule has 6 nitrogen and oxygen atoms in total. The van der Waals surface area contributed by atoms with E-state index in [-0.39, 0.29) is 29.6 Å². The molecule has 32 heavy (non-hydrogen) atoms. The molecule has 0 saturated heterocycles. The van der Waals surface area contributed by atoms with Crippen molar-refractivity contribution < 1.29 is 23.5 Å². The van der Waals surface area contributed by atoms with Gasteiger partial charge < -0.3 is 14.3 Å². The third kappa shape index (κ3) is 6.07. The first kappa shape index (κ1) is 23.3. The van der Waals surface area contributed by atoms with E-state index in [2.05, 4.69) is 22.2 Å². The van der Waals surface area contributed by atoms with Crippen molar-refractivity contribution in [2.45, 2.75) is 34.1 Å². The third-order valence-corrected chi connectivity index (χ3v) is 5.19. The van der Waals surface area contributed by atoms with Gasteiger partial charge in [-0.15, -0.1) is 0 Å². The predicted molar refractivity (Wildman–Crippen MR) is 118 cm³/mol. The minimum Gasteiger partial charge on any atom is -0.436 e. The highest BCUT2D eigenvalue weighted by Gasteiger charge is 2.62. The number of pyridine rings is 1. The van der Waals surface area contributed by atoms with Gasteiger partial charge in [0.1, 0.15) is 18.5 Å². The quantitative estimate of drug-likeness (QED) is 0.251. The van der Waals surface area contributed by atoms with Crippen LogP contribution in [0.1, 0.15) is 33.4 Å². The molecule has 1 aromatic heterocycles. The van der Waals surface area contributed by atoms with Crippen molar-refractivity contribution in [3.63, 3.8) is 0 Å². The standard InChI is InChI=1S/C25H27FN2O4/c1-17(2)16-31-27-15-20-22(25(20,3)4)24(29)30-14-8-9-18-12-13-21(26)23(28-18)32-19-10-6-5-7-11-19/h5-7,10-13,15,17,20,22H,9,16H2,1-4H3/b27-15+. The molecule has 7 heteroatoms. The summed E-state index contributed by atoms with van der Waals surface area (Å²) < 4.78 is 24.6. The first-order chi connectivity index (χ1) is 15.3. The van der Waals surface area contributed by atoms with Crippen LogP contribution in [-0.2, 0) is 20.8 Å². The molecular formula is C25H27FN2O4. The fraction of sp³-hybridized carbons (Fsp3) is 0.400. The van der Waals surface area contributed by atoms with Gasteiger partial charge in [-0.2, -0.15) is 0 Å². The number of rotatable bonds is 8. The maximum atomic E-state index is 14.0. The van der Waals surface area contributed by atoms with Gasteiger partial charge in [0.25, 0.3) is 5.88 Å². The Kier molecular flexibility index (Phi) is 7.47. The number of carbonyl (C=O) groups excluding carboxylic acids is 1. The van der Waals surface area contributed by atoms with E-state index in [9.17, 15) is 9.18 Å². The molecule has 1 aliphatic rings. The number of esters is 1. The van der Waals surface area contributed by atoms with Crippen LogP contribution in [-0.4, -0.2) is 23.8 Å². The van der Waals surface area contributed by atoms with E-state index in [1.807, 2.05) is 33.8 Å². The minimum absolute atomic E-state index is 0.0552. The Balaban J connectivity index is 1.52.